The summed E-state index contributed by atoms with van der Waals surface area (Å²) in [6.45, 7) is 5.91. The Kier molecular flexibility index (Phi) is 6.86. The number of nitrogens with zero attached hydrogens (tertiary/aromatic N) is 1. The van der Waals surface area contributed by atoms with Gasteiger partial charge in [0.05, 0.1) is 0 Å². The number of hydrogen-bond donors (Lipinski definition) is 2. The van der Waals surface area contributed by atoms with E-state index in [0.29, 0.717) is 0 Å². The molecule has 3 nitrogen and oxygen atoms in total. The Morgan fingerprint density at radius 2 is 1.88 bits per heavy atom. The first-order chi connectivity index (χ1) is 8.22. The first kappa shape index (κ1) is 14.2. The first-order valence-corrected chi connectivity index (χ1v) is 6.44. The topological polar surface area (TPSA) is 55.3 Å². The number of nitrogens with two attached hydrogens (primary N) is 2. The molecule has 3 heteroatoms. The first-order valence-electron chi connectivity index (χ1n) is 6.44. The van der Waals surface area contributed by atoms with Gasteiger partial charge in [-0.15, -0.1) is 0 Å². The normalized spacial score (nSPS) is 12.9. The second-order valence-electron chi connectivity index (χ2n) is 4.67. The number of benzene rings is 1. The Morgan fingerprint density at radius 1 is 1.18 bits per heavy atom. The van der Waals surface area contributed by atoms with Crippen molar-refractivity contribution in [3.05, 3.63) is 35.9 Å². The molecule has 17 heavy (non-hydrogen) atoms. The van der Waals surface area contributed by atoms with E-state index in [2.05, 4.69) is 42.2 Å². The van der Waals surface area contributed by atoms with E-state index >= 15 is 0 Å². The average molecular weight is 235 g/mol. The molecule has 1 unspecified atom stereocenters. The molecule has 0 fully saturated rings. The lowest BCUT2D eigenvalue weighted by molar-refractivity contribution is 0.255. The fourth-order valence-electron chi connectivity index (χ4n) is 1.81. The molecule has 0 amide bonds. The predicted molar refractivity (Wildman–Crippen MR) is 73.7 cm³/mol. The smallest absolute Gasteiger partial charge is 0.0233 e. The zero-order valence-electron chi connectivity index (χ0n) is 10.8. The maximum atomic E-state index is 5.81. The Bertz CT molecular complexity index is 285. The molecule has 4 N–H and O–H groups in total. The van der Waals surface area contributed by atoms with Gasteiger partial charge in [0.1, 0.15) is 0 Å². The van der Waals surface area contributed by atoms with Gasteiger partial charge in [0.2, 0.25) is 0 Å². The molecular formula is C14H25N3. The molecule has 0 bridgehead atoms. The lowest BCUT2D eigenvalue weighted by Gasteiger charge is -2.23. The van der Waals surface area contributed by atoms with Crippen LogP contribution in [0.25, 0.3) is 0 Å². The molecule has 0 spiro atoms. The molecule has 96 valence electrons. The van der Waals surface area contributed by atoms with Gasteiger partial charge >= 0.3 is 0 Å². The predicted octanol–water partition coefficient (Wildman–Crippen LogP) is 1.57. The van der Waals surface area contributed by atoms with Crippen LogP contribution in [0.2, 0.25) is 0 Å². The maximum absolute atomic E-state index is 5.81. The minimum absolute atomic E-state index is 0.270. The summed E-state index contributed by atoms with van der Waals surface area (Å²) in [4.78, 5) is 2.44. The Hall–Kier alpha value is -0.900. The van der Waals surface area contributed by atoms with E-state index in [4.69, 9.17) is 11.5 Å². The molecular weight excluding hydrogens is 210 g/mol. The van der Waals surface area contributed by atoms with Crippen LogP contribution in [0.1, 0.15) is 25.3 Å². The van der Waals surface area contributed by atoms with Crippen molar-refractivity contribution in [1.82, 2.24) is 4.90 Å². The molecule has 0 aliphatic heterocycles. The molecule has 1 aromatic carbocycles. The summed E-state index contributed by atoms with van der Waals surface area (Å²) in [7, 11) is 0. The van der Waals surface area contributed by atoms with Crippen LogP contribution in [0, 0.1) is 0 Å². The number of hydrogen-bond acceptors (Lipinski definition) is 3. The lowest BCUT2D eigenvalue weighted by atomic mass is 10.2. The fraction of sp³-hybridized carbons (Fsp3) is 0.571. The van der Waals surface area contributed by atoms with Crippen LogP contribution >= 0.6 is 0 Å². The summed E-state index contributed by atoms with van der Waals surface area (Å²) in [6, 6.07) is 10.8. The summed E-state index contributed by atoms with van der Waals surface area (Å²) < 4.78 is 0. The van der Waals surface area contributed by atoms with E-state index in [-0.39, 0.29) is 6.04 Å². The van der Waals surface area contributed by atoms with Gasteiger partial charge < -0.3 is 11.5 Å². The fourth-order valence-corrected chi connectivity index (χ4v) is 1.81. The van der Waals surface area contributed by atoms with Crippen LogP contribution in [0.15, 0.2) is 30.3 Å². The summed E-state index contributed by atoms with van der Waals surface area (Å²) in [5, 5.41) is 0. The Morgan fingerprint density at radius 3 is 2.47 bits per heavy atom. The highest BCUT2D eigenvalue weighted by Gasteiger charge is 2.06. The van der Waals surface area contributed by atoms with Crippen LogP contribution in [-0.4, -0.2) is 30.6 Å². The van der Waals surface area contributed by atoms with Crippen molar-refractivity contribution < 1.29 is 0 Å². The molecule has 0 aliphatic carbocycles. The summed E-state index contributed by atoms with van der Waals surface area (Å²) >= 11 is 0. The molecule has 0 radical (unpaired) electrons. The van der Waals surface area contributed by atoms with E-state index in [0.717, 1.165) is 39.0 Å². The summed E-state index contributed by atoms with van der Waals surface area (Å²) in [5.41, 5.74) is 12.7. The van der Waals surface area contributed by atoms with Crippen LogP contribution in [0.4, 0.5) is 0 Å². The zero-order valence-corrected chi connectivity index (χ0v) is 10.8. The summed E-state index contributed by atoms with van der Waals surface area (Å²) in [5.74, 6) is 0. The number of rotatable bonds is 8. The largest absolute Gasteiger partial charge is 0.330 e. The van der Waals surface area contributed by atoms with Gasteiger partial charge in [-0.05, 0) is 45.0 Å². The van der Waals surface area contributed by atoms with E-state index in [9.17, 15) is 0 Å². The van der Waals surface area contributed by atoms with Crippen LogP contribution in [0.3, 0.4) is 0 Å². The van der Waals surface area contributed by atoms with Crippen molar-refractivity contribution >= 4 is 0 Å². The highest BCUT2D eigenvalue weighted by atomic mass is 15.1. The highest BCUT2D eigenvalue weighted by Crippen LogP contribution is 2.06. The molecule has 0 saturated heterocycles. The van der Waals surface area contributed by atoms with Crippen molar-refractivity contribution in [2.24, 2.45) is 11.5 Å². The van der Waals surface area contributed by atoms with Crippen molar-refractivity contribution in [1.29, 1.82) is 0 Å². The third-order valence-electron chi connectivity index (χ3n) is 2.83. The maximum Gasteiger partial charge on any atom is 0.0233 e. The van der Waals surface area contributed by atoms with Gasteiger partial charge in [0.15, 0.2) is 0 Å². The minimum Gasteiger partial charge on any atom is -0.330 e. The molecule has 1 rings (SSSR count). The SMILES string of the molecule is CC(N)CCN(CCCN)Cc1ccccc1. The van der Waals surface area contributed by atoms with Crippen LogP contribution in [0.5, 0.6) is 0 Å². The summed E-state index contributed by atoms with van der Waals surface area (Å²) in [6.07, 6.45) is 2.09. The molecule has 1 aromatic rings. The van der Waals surface area contributed by atoms with Crippen molar-refractivity contribution in [3.8, 4) is 0 Å². The van der Waals surface area contributed by atoms with Crippen molar-refractivity contribution in [2.75, 3.05) is 19.6 Å². The minimum atomic E-state index is 0.270. The van der Waals surface area contributed by atoms with Gasteiger partial charge in [0, 0.05) is 12.6 Å². The van der Waals surface area contributed by atoms with Crippen LogP contribution in [-0.2, 0) is 6.54 Å². The van der Waals surface area contributed by atoms with E-state index in [1.165, 1.54) is 5.56 Å². The second-order valence-corrected chi connectivity index (χ2v) is 4.67. The third kappa shape index (κ3) is 6.41. The molecule has 1 atom stereocenters. The molecule has 0 saturated carbocycles. The monoisotopic (exact) mass is 235 g/mol. The van der Waals surface area contributed by atoms with Crippen molar-refractivity contribution in [2.45, 2.75) is 32.4 Å². The quantitative estimate of drug-likeness (QED) is 0.719. The van der Waals surface area contributed by atoms with E-state index < -0.39 is 0 Å². The van der Waals surface area contributed by atoms with Gasteiger partial charge in [-0.25, -0.2) is 0 Å². The van der Waals surface area contributed by atoms with E-state index in [1.807, 2.05) is 0 Å². The lowest BCUT2D eigenvalue weighted by Crippen LogP contribution is -2.30. The van der Waals surface area contributed by atoms with Gasteiger partial charge in [-0.3, -0.25) is 4.90 Å². The molecule has 0 aliphatic rings. The second kappa shape index (κ2) is 8.23. The van der Waals surface area contributed by atoms with Gasteiger partial charge in [0.25, 0.3) is 0 Å². The molecule has 0 heterocycles. The van der Waals surface area contributed by atoms with Crippen molar-refractivity contribution in [3.63, 3.8) is 0 Å². The standard InChI is InChI=1S/C14H25N3/c1-13(16)8-11-17(10-5-9-15)12-14-6-3-2-4-7-14/h2-4,6-7,13H,5,8-12,15-16H2,1H3. The van der Waals surface area contributed by atoms with Gasteiger partial charge in [-0.2, -0.15) is 0 Å². The zero-order chi connectivity index (χ0) is 12.5. The average Bonchev–Trinajstić information content (AvgIpc) is 2.34. The van der Waals surface area contributed by atoms with Crippen LogP contribution < -0.4 is 11.5 Å². The highest BCUT2D eigenvalue weighted by molar-refractivity contribution is 5.14. The third-order valence-corrected chi connectivity index (χ3v) is 2.83. The van der Waals surface area contributed by atoms with Gasteiger partial charge in [-0.1, -0.05) is 30.3 Å². The van der Waals surface area contributed by atoms with E-state index in [1.54, 1.807) is 0 Å². The Balaban J connectivity index is 2.44. The molecule has 0 aromatic heterocycles. The Labute approximate surface area is 105 Å².